The van der Waals surface area contributed by atoms with Crippen LogP contribution in [0.15, 0.2) is 43.0 Å². The van der Waals surface area contributed by atoms with Gasteiger partial charge in [-0.25, -0.2) is 4.98 Å². The Morgan fingerprint density at radius 3 is 2.61 bits per heavy atom. The third-order valence-electron chi connectivity index (χ3n) is 2.65. The van der Waals surface area contributed by atoms with Crippen LogP contribution in [0.5, 0.6) is 0 Å². The monoisotopic (exact) mass is 268 g/mol. The Labute approximate surface area is 112 Å². The molecule has 1 aromatic heterocycles. The second-order valence-electron chi connectivity index (χ2n) is 4.04. The van der Waals surface area contributed by atoms with Crippen molar-refractivity contribution in [3.63, 3.8) is 0 Å². The second kappa shape index (κ2) is 7.10. The maximum atomic E-state index is 9.94. The van der Waals surface area contributed by atoms with Gasteiger partial charge in [0.05, 0.1) is 12.6 Å². The number of rotatable bonds is 5. The number of aliphatic hydroxyl groups is 1. The van der Waals surface area contributed by atoms with Crippen LogP contribution in [-0.4, -0.2) is 32.0 Å². The van der Waals surface area contributed by atoms with Crippen LogP contribution >= 0.6 is 12.4 Å². The minimum Gasteiger partial charge on any atom is -0.390 e. The predicted octanol–water partition coefficient (Wildman–Crippen LogP) is 0.631. The molecule has 0 bridgehead atoms. The molecule has 0 amide bonds. The fourth-order valence-electron chi connectivity index (χ4n) is 1.68. The van der Waals surface area contributed by atoms with Crippen molar-refractivity contribution < 1.29 is 5.11 Å². The maximum absolute atomic E-state index is 9.94. The molecule has 0 fully saturated rings. The lowest BCUT2D eigenvalue weighted by Gasteiger charge is -2.18. The second-order valence-corrected chi connectivity index (χ2v) is 4.04. The highest BCUT2D eigenvalue weighted by Gasteiger charge is 2.15. The van der Waals surface area contributed by atoms with Gasteiger partial charge in [0.2, 0.25) is 0 Å². The van der Waals surface area contributed by atoms with Crippen molar-refractivity contribution in [3.8, 4) is 0 Å². The topological polar surface area (TPSA) is 77.0 Å². The molecule has 0 spiro atoms. The minimum absolute atomic E-state index is 0. The van der Waals surface area contributed by atoms with Crippen molar-refractivity contribution in [2.45, 2.75) is 25.1 Å². The van der Waals surface area contributed by atoms with Crippen LogP contribution in [0.2, 0.25) is 0 Å². The average Bonchev–Trinajstić information content (AvgIpc) is 2.83. The predicted molar refractivity (Wildman–Crippen MR) is 71.4 cm³/mol. The highest BCUT2D eigenvalue weighted by molar-refractivity contribution is 5.85. The smallest absolute Gasteiger partial charge is 0.137 e. The van der Waals surface area contributed by atoms with Crippen LogP contribution in [0, 0.1) is 0 Å². The molecule has 2 atom stereocenters. The Balaban J connectivity index is 0.00000162. The summed E-state index contributed by atoms with van der Waals surface area (Å²) in [5, 5.41) is 13.9. The first-order chi connectivity index (χ1) is 8.25. The highest BCUT2D eigenvalue weighted by atomic mass is 35.5. The standard InChI is InChI=1S/C12H16N4O.ClH/c13-11(6-10-4-2-1-3-5-10)12(17)7-16-9-14-8-15-16;/h1-5,8-9,11-12,17H,6-7,13H2;1H. The van der Waals surface area contributed by atoms with Crippen molar-refractivity contribution >= 4 is 12.4 Å². The van der Waals surface area contributed by atoms with Gasteiger partial charge < -0.3 is 10.8 Å². The summed E-state index contributed by atoms with van der Waals surface area (Å²) in [4.78, 5) is 3.82. The fraction of sp³-hybridized carbons (Fsp3) is 0.333. The molecule has 0 aliphatic heterocycles. The van der Waals surface area contributed by atoms with Crippen molar-refractivity contribution in [2.75, 3.05) is 0 Å². The summed E-state index contributed by atoms with van der Waals surface area (Å²) < 4.78 is 1.58. The SMILES string of the molecule is Cl.NC(Cc1ccccc1)C(O)Cn1cncn1. The summed E-state index contributed by atoms with van der Waals surface area (Å²) in [6.07, 6.45) is 3.03. The van der Waals surface area contributed by atoms with E-state index >= 15 is 0 Å². The molecular formula is C12H17ClN4O. The summed E-state index contributed by atoms with van der Waals surface area (Å²) in [5.74, 6) is 0. The Hall–Kier alpha value is -1.43. The molecule has 0 aliphatic rings. The lowest BCUT2D eigenvalue weighted by molar-refractivity contribution is 0.120. The summed E-state index contributed by atoms with van der Waals surface area (Å²) in [5.41, 5.74) is 7.08. The molecule has 2 rings (SSSR count). The normalized spacial score (nSPS) is 13.7. The third-order valence-corrected chi connectivity index (χ3v) is 2.65. The number of aliphatic hydroxyl groups excluding tert-OH is 1. The lowest BCUT2D eigenvalue weighted by Crippen LogP contribution is -2.39. The zero-order valence-corrected chi connectivity index (χ0v) is 10.7. The number of nitrogens with two attached hydrogens (primary N) is 1. The summed E-state index contributed by atoms with van der Waals surface area (Å²) in [7, 11) is 0. The quantitative estimate of drug-likeness (QED) is 0.834. The van der Waals surface area contributed by atoms with Gasteiger partial charge in [-0.05, 0) is 12.0 Å². The van der Waals surface area contributed by atoms with E-state index in [1.807, 2.05) is 30.3 Å². The minimum atomic E-state index is -0.628. The molecule has 0 radical (unpaired) electrons. The number of nitrogens with zero attached hydrogens (tertiary/aromatic N) is 3. The number of benzene rings is 1. The largest absolute Gasteiger partial charge is 0.390 e. The van der Waals surface area contributed by atoms with Gasteiger partial charge in [0, 0.05) is 6.04 Å². The van der Waals surface area contributed by atoms with E-state index in [0.717, 1.165) is 5.56 Å². The molecular weight excluding hydrogens is 252 g/mol. The van der Waals surface area contributed by atoms with Crippen molar-refractivity contribution in [1.82, 2.24) is 14.8 Å². The van der Waals surface area contributed by atoms with Gasteiger partial charge in [0.25, 0.3) is 0 Å². The molecule has 6 heteroatoms. The van der Waals surface area contributed by atoms with E-state index in [1.165, 1.54) is 6.33 Å². The van der Waals surface area contributed by atoms with E-state index < -0.39 is 6.10 Å². The summed E-state index contributed by atoms with van der Waals surface area (Å²) >= 11 is 0. The van der Waals surface area contributed by atoms with E-state index in [-0.39, 0.29) is 18.4 Å². The van der Waals surface area contributed by atoms with Crippen LogP contribution in [0.3, 0.4) is 0 Å². The number of hydrogen-bond acceptors (Lipinski definition) is 4. The number of hydrogen-bond donors (Lipinski definition) is 2. The van der Waals surface area contributed by atoms with Crippen LogP contribution < -0.4 is 5.73 Å². The van der Waals surface area contributed by atoms with E-state index in [1.54, 1.807) is 11.0 Å². The van der Waals surface area contributed by atoms with Gasteiger partial charge >= 0.3 is 0 Å². The van der Waals surface area contributed by atoms with Gasteiger partial charge in [0.1, 0.15) is 12.7 Å². The molecule has 3 N–H and O–H groups in total. The Morgan fingerprint density at radius 1 is 1.28 bits per heavy atom. The molecule has 0 aliphatic carbocycles. The third kappa shape index (κ3) is 4.10. The highest BCUT2D eigenvalue weighted by Crippen LogP contribution is 2.05. The van der Waals surface area contributed by atoms with Crippen molar-refractivity contribution in [1.29, 1.82) is 0 Å². The Bertz CT molecular complexity index is 435. The molecule has 18 heavy (non-hydrogen) atoms. The number of aromatic nitrogens is 3. The summed E-state index contributed by atoms with van der Waals surface area (Å²) in [6.45, 7) is 0.369. The molecule has 0 saturated carbocycles. The van der Waals surface area contributed by atoms with Gasteiger partial charge in [-0.2, -0.15) is 5.10 Å². The van der Waals surface area contributed by atoms with Gasteiger partial charge in [-0.15, -0.1) is 12.4 Å². The van der Waals surface area contributed by atoms with Crippen LogP contribution in [0.25, 0.3) is 0 Å². The Morgan fingerprint density at radius 2 is 2.00 bits per heavy atom. The first kappa shape index (κ1) is 14.6. The molecule has 0 saturated heterocycles. The zero-order valence-electron chi connectivity index (χ0n) is 9.88. The Kier molecular flexibility index (Phi) is 5.77. The van der Waals surface area contributed by atoms with Crippen LogP contribution in [0.1, 0.15) is 5.56 Å². The first-order valence-electron chi connectivity index (χ1n) is 5.55. The van der Waals surface area contributed by atoms with Gasteiger partial charge in [0.15, 0.2) is 0 Å². The van der Waals surface area contributed by atoms with Gasteiger partial charge in [-0.3, -0.25) is 4.68 Å². The van der Waals surface area contributed by atoms with E-state index in [2.05, 4.69) is 10.1 Å². The van der Waals surface area contributed by atoms with Crippen molar-refractivity contribution in [2.24, 2.45) is 5.73 Å². The van der Waals surface area contributed by atoms with E-state index in [0.29, 0.717) is 13.0 Å². The van der Waals surface area contributed by atoms with Gasteiger partial charge in [-0.1, -0.05) is 30.3 Å². The van der Waals surface area contributed by atoms with Crippen molar-refractivity contribution in [3.05, 3.63) is 48.5 Å². The molecule has 98 valence electrons. The fourth-order valence-corrected chi connectivity index (χ4v) is 1.68. The molecule has 5 nitrogen and oxygen atoms in total. The molecule has 1 aromatic carbocycles. The van der Waals surface area contributed by atoms with Crippen LogP contribution in [0.4, 0.5) is 0 Å². The summed E-state index contributed by atoms with van der Waals surface area (Å²) in [6, 6.07) is 9.59. The van der Waals surface area contributed by atoms with E-state index in [4.69, 9.17) is 5.73 Å². The first-order valence-corrected chi connectivity index (χ1v) is 5.55. The lowest BCUT2D eigenvalue weighted by atomic mass is 10.0. The molecule has 2 aromatic rings. The molecule has 1 heterocycles. The number of halogens is 1. The van der Waals surface area contributed by atoms with E-state index in [9.17, 15) is 5.11 Å². The van der Waals surface area contributed by atoms with Crippen LogP contribution in [-0.2, 0) is 13.0 Å². The maximum Gasteiger partial charge on any atom is 0.137 e. The zero-order chi connectivity index (χ0) is 12.1. The average molecular weight is 269 g/mol. The molecule has 2 unspecified atom stereocenters.